The monoisotopic (exact) mass is 280 g/mol. The Morgan fingerprint density at radius 1 is 1.26 bits per heavy atom. The highest BCUT2D eigenvalue weighted by atomic mass is 32.2. The van der Waals surface area contributed by atoms with E-state index >= 15 is 0 Å². The van der Waals surface area contributed by atoms with E-state index in [1.807, 2.05) is 0 Å². The Labute approximate surface area is 109 Å². The van der Waals surface area contributed by atoms with Crippen molar-refractivity contribution in [3.05, 3.63) is 47.8 Å². The number of nitrogens with zero attached hydrogens (tertiary/aromatic N) is 3. The Hall–Kier alpha value is -2.35. The van der Waals surface area contributed by atoms with E-state index in [4.69, 9.17) is 5.73 Å². The third-order valence-corrected chi connectivity index (χ3v) is 3.68. The molecule has 0 saturated carbocycles. The fourth-order valence-electron chi connectivity index (χ4n) is 1.36. The lowest BCUT2D eigenvalue weighted by Gasteiger charge is -2.02. The van der Waals surface area contributed by atoms with Crippen molar-refractivity contribution >= 4 is 15.7 Å². The average molecular weight is 280 g/mol. The van der Waals surface area contributed by atoms with Crippen molar-refractivity contribution in [3.8, 4) is 0 Å². The van der Waals surface area contributed by atoms with Gasteiger partial charge in [-0.1, -0.05) is 0 Å². The predicted molar refractivity (Wildman–Crippen MR) is 67.8 cm³/mol. The molecule has 100 valence electrons. The second-order valence-electron chi connectivity index (χ2n) is 3.83. The zero-order valence-electron chi connectivity index (χ0n) is 10.1. The van der Waals surface area contributed by atoms with E-state index in [1.165, 1.54) is 36.5 Å². The number of nitrogen functional groups attached to an aromatic ring is 1. The van der Waals surface area contributed by atoms with Crippen LogP contribution in [0.5, 0.6) is 0 Å². The molecule has 0 bridgehead atoms. The van der Waals surface area contributed by atoms with E-state index in [2.05, 4.69) is 9.38 Å². The molecule has 19 heavy (non-hydrogen) atoms. The standard InChI is InChI=1S/C11H12N4O3S/c1-8-6-7-13-11(15(8)16)14-19(17,18)10-4-2-9(12)3-5-10/h2-7,16H,12H2,1H3. The van der Waals surface area contributed by atoms with Gasteiger partial charge in [0.25, 0.3) is 15.6 Å². The van der Waals surface area contributed by atoms with Crippen molar-refractivity contribution in [3.63, 3.8) is 0 Å². The lowest BCUT2D eigenvalue weighted by molar-refractivity contribution is 0.161. The van der Waals surface area contributed by atoms with Crippen LogP contribution in [0.4, 0.5) is 5.69 Å². The number of aryl methyl sites for hydroxylation is 1. The maximum atomic E-state index is 12.0. The van der Waals surface area contributed by atoms with Crippen molar-refractivity contribution in [1.82, 2.24) is 9.71 Å². The number of rotatable bonds is 2. The van der Waals surface area contributed by atoms with Gasteiger partial charge in [0.15, 0.2) is 0 Å². The van der Waals surface area contributed by atoms with Crippen LogP contribution in [0.1, 0.15) is 5.69 Å². The number of anilines is 1. The number of sulfonamides is 1. The van der Waals surface area contributed by atoms with E-state index in [1.54, 1.807) is 6.92 Å². The summed E-state index contributed by atoms with van der Waals surface area (Å²) in [6.45, 7) is 1.59. The van der Waals surface area contributed by atoms with Crippen LogP contribution in [0.25, 0.3) is 0 Å². The molecule has 7 nitrogen and oxygen atoms in total. The zero-order valence-corrected chi connectivity index (χ0v) is 10.9. The van der Waals surface area contributed by atoms with Gasteiger partial charge in [-0.25, -0.2) is 4.98 Å². The molecule has 0 unspecified atom stereocenters. The maximum absolute atomic E-state index is 12.0. The molecule has 0 atom stereocenters. The molecule has 1 aromatic carbocycles. The summed E-state index contributed by atoms with van der Waals surface area (Å²) in [5, 5.41) is 9.63. The van der Waals surface area contributed by atoms with Crippen LogP contribution in [0.15, 0.2) is 45.8 Å². The third-order valence-electron chi connectivity index (χ3n) is 2.41. The van der Waals surface area contributed by atoms with Crippen LogP contribution in [0.2, 0.25) is 0 Å². The lowest BCUT2D eigenvalue weighted by atomic mass is 10.3. The second kappa shape index (κ2) is 4.73. The van der Waals surface area contributed by atoms with Gasteiger partial charge in [0.2, 0.25) is 0 Å². The van der Waals surface area contributed by atoms with E-state index in [9.17, 15) is 13.6 Å². The van der Waals surface area contributed by atoms with Gasteiger partial charge in [-0.3, -0.25) is 0 Å². The largest absolute Gasteiger partial charge is 0.425 e. The summed E-state index contributed by atoms with van der Waals surface area (Å²) < 4.78 is 28.1. The molecular formula is C11H12N4O3S. The Morgan fingerprint density at radius 2 is 1.89 bits per heavy atom. The first-order chi connectivity index (χ1) is 8.90. The van der Waals surface area contributed by atoms with Crippen LogP contribution >= 0.6 is 0 Å². The minimum absolute atomic E-state index is 0.0231. The van der Waals surface area contributed by atoms with Gasteiger partial charge in [-0.2, -0.15) is 13.1 Å². The quantitative estimate of drug-likeness (QED) is 0.607. The smallest absolute Gasteiger partial charge is 0.285 e. The summed E-state index contributed by atoms with van der Waals surface area (Å²) in [6.07, 6.45) is 1.36. The minimum Gasteiger partial charge on any atom is -0.425 e. The highest BCUT2D eigenvalue weighted by Gasteiger charge is 2.13. The topological polar surface area (TPSA) is 111 Å². The summed E-state index contributed by atoms with van der Waals surface area (Å²) in [4.78, 5) is 3.69. The van der Waals surface area contributed by atoms with Crippen molar-refractivity contribution in [2.75, 3.05) is 5.73 Å². The summed E-state index contributed by atoms with van der Waals surface area (Å²) in [5.41, 5.74) is 6.04. The first kappa shape index (κ1) is 13.1. The molecule has 0 aliphatic rings. The second-order valence-corrected chi connectivity index (χ2v) is 5.44. The molecule has 1 heterocycles. The summed E-state index contributed by atoms with van der Waals surface area (Å²) in [5.74, 6) is 0. The SMILES string of the molecule is Cc1ccnc(=NS(=O)(=O)c2ccc(N)cc2)n1O. The molecule has 0 amide bonds. The van der Waals surface area contributed by atoms with Gasteiger partial charge in [-0.05, 0) is 37.3 Å². The predicted octanol–water partition coefficient (Wildman–Crippen LogP) is 0.301. The van der Waals surface area contributed by atoms with Gasteiger partial charge < -0.3 is 10.9 Å². The molecule has 3 N–H and O–H groups in total. The molecule has 0 saturated heterocycles. The number of hydrogen-bond donors (Lipinski definition) is 2. The molecule has 0 aliphatic heterocycles. The lowest BCUT2D eigenvalue weighted by Crippen LogP contribution is -2.25. The number of nitrogens with two attached hydrogens (primary N) is 1. The molecule has 2 rings (SSSR count). The first-order valence-corrected chi connectivity index (χ1v) is 6.74. The van der Waals surface area contributed by atoms with Crippen molar-refractivity contribution in [1.29, 1.82) is 0 Å². The first-order valence-electron chi connectivity index (χ1n) is 5.30. The Morgan fingerprint density at radius 3 is 2.53 bits per heavy atom. The van der Waals surface area contributed by atoms with Crippen LogP contribution in [-0.2, 0) is 10.0 Å². The summed E-state index contributed by atoms with van der Waals surface area (Å²) >= 11 is 0. The van der Waals surface area contributed by atoms with Crippen molar-refractivity contribution < 1.29 is 13.6 Å². The maximum Gasteiger partial charge on any atom is 0.285 e. The Bertz CT molecular complexity index is 763. The molecule has 0 spiro atoms. The fraction of sp³-hybridized carbons (Fsp3) is 0.0909. The molecule has 0 fully saturated rings. The third kappa shape index (κ3) is 2.74. The highest BCUT2D eigenvalue weighted by molar-refractivity contribution is 7.90. The molecule has 0 aliphatic carbocycles. The fourth-order valence-corrected chi connectivity index (χ4v) is 2.28. The normalized spacial score (nSPS) is 12.6. The van der Waals surface area contributed by atoms with Gasteiger partial charge in [0.05, 0.1) is 10.6 Å². The van der Waals surface area contributed by atoms with Crippen molar-refractivity contribution in [2.45, 2.75) is 11.8 Å². The van der Waals surface area contributed by atoms with Crippen LogP contribution in [0.3, 0.4) is 0 Å². The van der Waals surface area contributed by atoms with Gasteiger partial charge >= 0.3 is 0 Å². The molecule has 1 aromatic heterocycles. The molecule has 2 aromatic rings. The van der Waals surface area contributed by atoms with Crippen molar-refractivity contribution in [2.24, 2.45) is 4.40 Å². The molecule has 0 radical (unpaired) electrons. The summed E-state index contributed by atoms with van der Waals surface area (Å²) in [7, 11) is -3.94. The minimum atomic E-state index is -3.94. The average Bonchev–Trinajstić information content (AvgIpc) is 2.35. The zero-order chi connectivity index (χ0) is 14.0. The molecule has 8 heteroatoms. The van der Waals surface area contributed by atoms with E-state index < -0.39 is 10.0 Å². The van der Waals surface area contributed by atoms with Gasteiger partial charge in [0.1, 0.15) is 0 Å². The summed E-state index contributed by atoms with van der Waals surface area (Å²) in [6, 6.07) is 7.12. The van der Waals surface area contributed by atoms with E-state index in [0.29, 0.717) is 16.1 Å². The van der Waals surface area contributed by atoms with Crippen LogP contribution in [-0.4, -0.2) is 23.3 Å². The van der Waals surface area contributed by atoms with Gasteiger partial charge in [0, 0.05) is 11.9 Å². The number of aromatic nitrogens is 2. The van der Waals surface area contributed by atoms with Crippen LogP contribution < -0.4 is 11.4 Å². The highest BCUT2D eigenvalue weighted by Crippen LogP contribution is 2.13. The Balaban J connectivity index is 2.58. The Kier molecular flexibility index (Phi) is 3.26. The number of hydrogen-bond acceptors (Lipinski definition) is 5. The number of benzene rings is 1. The van der Waals surface area contributed by atoms with E-state index in [-0.39, 0.29) is 10.5 Å². The van der Waals surface area contributed by atoms with Gasteiger partial charge in [-0.15, -0.1) is 4.40 Å². The van der Waals surface area contributed by atoms with E-state index in [0.717, 1.165) is 0 Å². The molecular weight excluding hydrogens is 268 g/mol. The van der Waals surface area contributed by atoms with Crippen LogP contribution in [0, 0.1) is 6.92 Å².